The lowest BCUT2D eigenvalue weighted by Crippen LogP contribution is -2.28. The van der Waals surface area contributed by atoms with Crippen LogP contribution in [0, 0.1) is 5.82 Å². The van der Waals surface area contributed by atoms with Crippen molar-refractivity contribution in [3.63, 3.8) is 0 Å². The van der Waals surface area contributed by atoms with E-state index < -0.39 is 11.4 Å². The average Bonchev–Trinajstić information content (AvgIpc) is 3.03. The minimum absolute atomic E-state index is 0.252. The highest BCUT2D eigenvalue weighted by Crippen LogP contribution is 2.46. The highest BCUT2D eigenvalue weighted by molar-refractivity contribution is 5.45. The van der Waals surface area contributed by atoms with E-state index in [2.05, 4.69) is 20.5 Å². The Morgan fingerprint density at radius 2 is 2.26 bits per heavy atom. The van der Waals surface area contributed by atoms with Gasteiger partial charge in [0.05, 0.1) is 5.54 Å². The van der Waals surface area contributed by atoms with Crippen LogP contribution in [0.3, 0.4) is 0 Å². The lowest BCUT2D eigenvalue weighted by molar-refractivity contribution is 0.611. The van der Waals surface area contributed by atoms with Crippen LogP contribution in [0.1, 0.15) is 31.0 Å². The van der Waals surface area contributed by atoms with Crippen LogP contribution >= 0.6 is 0 Å². The monoisotopic (exact) mass is 262 g/mol. The van der Waals surface area contributed by atoms with Crippen LogP contribution < -0.4 is 10.9 Å². The number of aryl methyl sites for hydroxylation is 1. The molecule has 0 unspecified atom stereocenters. The molecule has 3 N–H and O–H groups in total. The topological polar surface area (TPSA) is 73.6 Å². The van der Waals surface area contributed by atoms with Crippen molar-refractivity contribution in [2.45, 2.75) is 31.7 Å². The Bertz CT molecular complexity index is 657. The van der Waals surface area contributed by atoms with Gasteiger partial charge in [0.1, 0.15) is 11.6 Å². The summed E-state index contributed by atoms with van der Waals surface area (Å²) in [5, 5.41) is 10.3. The summed E-state index contributed by atoms with van der Waals surface area (Å²) < 4.78 is 13.3. The summed E-state index contributed by atoms with van der Waals surface area (Å²) in [5.41, 5.74) is 0.730. The van der Waals surface area contributed by atoms with Crippen LogP contribution in [0.5, 0.6) is 0 Å². The maximum absolute atomic E-state index is 13.3. The quantitative estimate of drug-likeness (QED) is 0.788. The van der Waals surface area contributed by atoms with E-state index in [-0.39, 0.29) is 5.56 Å². The molecule has 2 aromatic rings. The van der Waals surface area contributed by atoms with Crippen molar-refractivity contribution in [1.82, 2.24) is 15.2 Å². The zero-order valence-corrected chi connectivity index (χ0v) is 10.6. The van der Waals surface area contributed by atoms with Gasteiger partial charge in [-0.3, -0.25) is 9.89 Å². The van der Waals surface area contributed by atoms with E-state index in [0.29, 0.717) is 11.4 Å². The second-order valence-corrected chi connectivity index (χ2v) is 4.90. The van der Waals surface area contributed by atoms with Gasteiger partial charge in [0, 0.05) is 23.5 Å². The number of hydrogen-bond donors (Lipinski definition) is 3. The standard InChI is InChI=1S/C13H15FN4O/c1-2-9-6-11(18-17-9)16-13(3-4-13)10-5-8(14)7-15-12(10)19/h5-7H,2-4H2,1H3,(H,15,19)(H2,16,17,18). The average molecular weight is 262 g/mol. The fourth-order valence-electron chi connectivity index (χ4n) is 2.25. The molecular weight excluding hydrogens is 247 g/mol. The van der Waals surface area contributed by atoms with Crippen molar-refractivity contribution >= 4 is 5.82 Å². The molecule has 0 saturated heterocycles. The van der Waals surface area contributed by atoms with Crippen LogP contribution in [0.25, 0.3) is 0 Å². The number of aromatic amines is 2. The van der Waals surface area contributed by atoms with Gasteiger partial charge >= 0.3 is 0 Å². The Morgan fingerprint density at radius 3 is 2.89 bits per heavy atom. The van der Waals surface area contributed by atoms with Gasteiger partial charge in [-0.15, -0.1) is 0 Å². The second-order valence-electron chi connectivity index (χ2n) is 4.90. The molecule has 0 amide bonds. The molecule has 6 heteroatoms. The zero-order valence-electron chi connectivity index (χ0n) is 10.6. The first-order valence-corrected chi connectivity index (χ1v) is 6.34. The Hall–Kier alpha value is -2.11. The Morgan fingerprint density at radius 1 is 1.47 bits per heavy atom. The highest BCUT2D eigenvalue weighted by Gasteiger charge is 2.47. The lowest BCUT2D eigenvalue weighted by atomic mass is 10.1. The summed E-state index contributed by atoms with van der Waals surface area (Å²) >= 11 is 0. The zero-order chi connectivity index (χ0) is 13.5. The number of hydrogen-bond acceptors (Lipinski definition) is 3. The summed E-state index contributed by atoms with van der Waals surface area (Å²) in [5.74, 6) is 0.261. The number of aromatic nitrogens is 3. The van der Waals surface area contributed by atoms with Gasteiger partial charge in [-0.05, 0) is 25.3 Å². The van der Waals surface area contributed by atoms with Crippen molar-refractivity contribution in [3.05, 3.63) is 45.8 Å². The summed E-state index contributed by atoms with van der Waals surface area (Å²) in [4.78, 5) is 14.2. The SMILES string of the molecule is CCc1cc(NC2(c3cc(F)c[nH]c3=O)CC2)n[nH]1. The van der Waals surface area contributed by atoms with Crippen molar-refractivity contribution in [3.8, 4) is 0 Å². The predicted molar refractivity (Wildman–Crippen MR) is 69.5 cm³/mol. The summed E-state index contributed by atoms with van der Waals surface area (Å²) in [6, 6.07) is 3.21. The molecule has 0 radical (unpaired) electrons. The number of rotatable bonds is 4. The van der Waals surface area contributed by atoms with Crippen LogP contribution in [-0.4, -0.2) is 15.2 Å². The van der Waals surface area contributed by atoms with Gasteiger partial charge in [0.15, 0.2) is 0 Å². The molecular formula is C13H15FN4O. The highest BCUT2D eigenvalue weighted by atomic mass is 19.1. The smallest absolute Gasteiger partial charge is 0.253 e. The molecule has 0 aromatic carbocycles. The van der Waals surface area contributed by atoms with Crippen molar-refractivity contribution < 1.29 is 4.39 Å². The van der Waals surface area contributed by atoms with E-state index in [1.54, 1.807) is 0 Å². The molecule has 1 fully saturated rings. The first kappa shape index (κ1) is 12.0. The Labute approximate surface area is 109 Å². The lowest BCUT2D eigenvalue weighted by Gasteiger charge is -2.16. The predicted octanol–water partition coefficient (Wildman–Crippen LogP) is 1.90. The Balaban J connectivity index is 1.91. The van der Waals surface area contributed by atoms with Gasteiger partial charge < -0.3 is 10.3 Å². The molecule has 19 heavy (non-hydrogen) atoms. The third-order valence-corrected chi connectivity index (χ3v) is 3.51. The van der Waals surface area contributed by atoms with Crippen molar-refractivity contribution in [1.29, 1.82) is 0 Å². The fourth-order valence-corrected chi connectivity index (χ4v) is 2.25. The van der Waals surface area contributed by atoms with E-state index in [1.807, 2.05) is 13.0 Å². The minimum Gasteiger partial charge on any atom is -0.359 e. The fraction of sp³-hybridized carbons (Fsp3) is 0.385. The van der Waals surface area contributed by atoms with Crippen molar-refractivity contribution in [2.24, 2.45) is 0 Å². The van der Waals surface area contributed by atoms with Gasteiger partial charge in [-0.2, -0.15) is 5.10 Å². The van der Waals surface area contributed by atoms with E-state index in [0.717, 1.165) is 31.2 Å². The largest absolute Gasteiger partial charge is 0.359 e. The minimum atomic E-state index is -0.476. The molecule has 2 heterocycles. The van der Waals surface area contributed by atoms with Crippen LogP contribution in [0.4, 0.5) is 10.2 Å². The number of H-pyrrole nitrogens is 2. The van der Waals surface area contributed by atoms with E-state index in [4.69, 9.17) is 0 Å². The first-order chi connectivity index (χ1) is 9.13. The third kappa shape index (κ3) is 2.14. The van der Waals surface area contributed by atoms with Gasteiger partial charge in [-0.25, -0.2) is 4.39 Å². The first-order valence-electron chi connectivity index (χ1n) is 6.34. The van der Waals surface area contributed by atoms with Crippen molar-refractivity contribution in [2.75, 3.05) is 5.32 Å². The molecule has 0 atom stereocenters. The molecule has 5 nitrogen and oxygen atoms in total. The summed E-state index contributed by atoms with van der Waals surface area (Å²) in [7, 11) is 0. The molecule has 0 spiro atoms. The van der Waals surface area contributed by atoms with Crippen LogP contribution in [-0.2, 0) is 12.0 Å². The van der Waals surface area contributed by atoms with E-state index in [9.17, 15) is 9.18 Å². The summed E-state index contributed by atoms with van der Waals surface area (Å²) in [6.45, 7) is 2.03. The molecule has 3 rings (SSSR count). The molecule has 1 aliphatic rings. The van der Waals surface area contributed by atoms with Gasteiger partial charge in [-0.1, -0.05) is 6.92 Å². The third-order valence-electron chi connectivity index (χ3n) is 3.51. The number of pyridine rings is 1. The molecule has 1 aliphatic carbocycles. The van der Waals surface area contributed by atoms with E-state index in [1.165, 1.54) is 6.07 Å². The second kappa shape index (κ2) is 4.22. The van der Waals surface area contributed by atoms with Crippen LogP contribution in [0.15, 0.2) is 23.1 Å². The maximum atomic E-state index is 13.3. The number of nitrogens with zero attached hydrogens (tertiary/aromatic N) is 1. The number of halogens is 1. The molecule has 0 bridgehead atoms. The number of anilines is 1. The molecule has 2 aromatic heterocycles. The van der Waals surface area contributed by atoms with E-state index >= 15 is 0 Å². The Kier molecular flexibility index (Phi) is 2.66. The van der Waals surface area contributed by atoms with Gasteiger partial charge in [0.25, 0.3) is 5.56 Å². The molecule has 1 saturated carbocycles. The maximum Gasteiger partial charge on any atom is 0.253 e. The molecule has 0 aliphatic heterocycles. The molecule has 100 valence electrons. The van der Waals surface area contributed by atoms with Crippen LogP contribution in [0.2, 0.25) is 0 Å². The normalized spacial score (nSPS) is 16.3. The number of nitrogens with one attached hydrogen (secondary N) is 3. The van der Waals surface area contributed by atoms with Gasteiger partial charge in [0.2, 0.25) is 0 Å². The summed E-state index contributed by atoms with van der Waals surface area (Å²) in [6.07, 6.45) is 3.54.